The van der Waals surface area contributed by atoms with Crippen molar-refractivity contribution in [3.63, 3.8) is 0 Å². The number of carbonyl (C=O) groups is 2. The molecule has 0 heterocycles. The lowest BCUT2D eigenvalue weighted by Crippen LogP contribution is -2.33. The van der Waals surface area contributed by atoms with E-state index in [0.717, 1.165) is 18.2 Å². The summed E-state index contributed by atoms with van der Waals surface area (Å²) >= 11 is 5.72. The second-order valence-corrected chi connectivity index (χ2v) is 4.86. The summed E-state index contributed by atoms with van der Waals surface area (Å²) in [5.41, 5.74) is -0.635. The van der Waals surface area contributed by atoms with Gasteiger partial charge in [-0.15, -0.1) is 0 Å². The fourth-order valence-corrected chi connectivity index (χ4v) is 2.00. The summed E-state index contributed by atoms with van der Waals surface area (Å²) in [5.74, 6) is -4.23. The Morgan fingerprint density at radius 3 is 2.43 bits per heavy atom. The maximum Gasteiger partial charge on any atom is 0.256 e. The van der Waals surface area contributed by atoms with Gasteiger partial charge in [-0.3, -0.25) is 9.59 Å². The Balaban J connectivity index is 1.98. The quantitative estimate of drug-likeness (QED) is 0.897. The Bertz CT molecular complexity index is 748. The fraction of sp³-hybridized carbons (Fsp3) is 0.0667. The standard InChI is InChI=1S/C15H10ClF3N2O2/c16-9-2-1-3-10(18)14(9)15(23)20-7-13(22)21-12-5-4-8(17)6-11(12)19/h1-6H,7H2,(H,20,23)(H,21,22). The van der Waals surface area contributed by atoms with Crippen molar-refractivity contribution in [2.75, 3.05) is 11.9 Å². The van der Waals surface area contributed by atoms with Crippen molar-refractivity contribution < 1.29 is 22.8 Å². The molecule has 2 rings (SSSR count). The van der Waals surface area contributed by atoms with Gasteiger partial charge in [-0.1, -0.05) is 17.7 Å². The van der Waals surface area contributed by atoms with Crippen LogP contribution >= 0.6 is 11.6 Å². The van der Waals surface area contributed by atoms with E-state index in [2.05, 4.69) is 10.6 Å². The highest BCUT2D eigenvalue weighted by atomic mass is 35.5. The molecule has 0 radical (unpaired) electrons. The number of rotatable bonds is 4. The molecule has 0 aliphatic rings. The Morgan fingerprint density at radius 1 is 1.04 bits per heavy atom. The van der Waals surface area contributed by atoms with E-state index in [4.69, 9.17) is 11.6 Å². The van der Waals surface area contributed by atoms with Crippen molar-refractivity contribution in [2.45, 2.75) is 0 Å². The Morgan fingerprint density at radius 2 is 1.78 bits per heavy atom. The predicted molar refractivity (Wildman–Crippen MR) is 78.7 cm³/mol. The first-order valence-corrected chi connectivity index (χ1v) is 6.73. The molecule has 2 aromatic carbocycles. The van der Waals surface area contributed by atoms with Crippen molar-refractivity contribution in [2.24, 2.45) is 0 Å². The highest BCUT2D eigenvalue weighted by Crippen LogP contribution is 2.18. The maximum atomic E-state index is 13.5. The van der Waals surface area contributed by atoms with Crippen LogP contribution in [0.4, 0.5) is 18.9 Å². The van der Waals surface area contributed by atoms with Crippen LogP contribution in [0.1, 0.15) is 10.4 Å². The van der Waals surface area contributed by atoms with Gasteiger partial charge < -0.3 is 10.6 Å². The SMILES string of the molecule is O=C(CNC(=O)c1c(F)cccc1Cl)Nc1ccc(F)cc1F. The van der Waals surface area contributed by atoms with Crippen LogP contribution in [0.15, 0.2) is 36.4 Å². The van der Waals surface area contributed by atoms with E-state index in [9.17, 15) is 22.8 Å². The van der Waals surface area contributed by atoms with Crippen molar-refractivity contribution in [3.05, 3.63) is 64.4 Å². The van der Waals surface area contributed by atoms with Crippen LogP contribution in [0.25, 0.3) is 0 Å². The summed E-state index contributed by atoms with van der Waals surface area (Å²) in [6.07, 6.45) is 0. The first-order chi connectivity index (χ1) is 10.9. The topological polar surface area (TPSA) is 58.2 Å². The molecule has 0 aromatic heterocycles. The molecule has 8 heteroatoms. The molecule has 2 N–H and O–H groups in total. The van der Waals surface area contributed by atoms with Gasteiger partial charge in [0.25, 0.3) is 5.91 Å². The first-order valence-electron chi connectivity index (χ1n) is 6.35. The molecule has 4 nitrogen and oxygen atoms in total. The molecule has 0 aliphatic heterocycles. The monoisotopic (exact) mass is 342 g/mol. The predicted octanol–water partition coefficient (Wildman–Crippen LogP) is 3.13. The van der Waals surface area contributed by atoms with E-state index in [1.807, 2.05) is 0 Å². The molecule has 0 atom stereocenters. The van der Waals surface area contributed by atoms with Gasteiger partial charge in [-0.25, -0.2) is 13.2 Å². The Hall–Kier alpha value is -2.54. The third kappa shape index (κ3) is 4.23. The molecule has 0 unspecified atom stereocenters. The van der Waals surface area contributed by atoms with Crippen LogP contribution in [0.2, 0.25) is 5.02 Å². The zero-order chi connectivity index (χ0) is 17.0. The van der Waals surface area contributed by atoms with E-state index in [-0.39, 0.29) is 10.7 Å². The molecule has 0 spiro atoms. The highest BCUT2D eigenvalue weighted by molar-refractivity contribution is 6.33. The van der Waals surface area contributed by atoms with Gasteiger partial charge in [0.15, 0.2) is 0 Å². The number of anilines is 1. The number of nitrogens with one attached hydrogen (secondary N) is 2. The van der Waals surface area contributed by atoms with E-state index in [0.29, 0.717) is 6.07 Å². The summed E-state index contributed by atoms with van der Waals surface area (Å²) in [6, 6.07) is 6.32. The lowest BCUT2D eigenvalue weighted by atomic mass is 10.2. The molecule has 0 aliphatic carbocycles. The molecular weight excluding hydrogens is 333 g/mol. The van der Waals surface area contributed by atoms with Crippen LogP contribution in [-0.4, -0.2) is 18.4 Å². The number of benzene rings is 2. The number of carbonyl (C=O) groups excluding carboxylic acids is 2. The summed E-state index contributed by atoms with van der Waals surface area (Å²) in [5, 5.41) is 4.21. The van der Waals surface area contributed by atoms with Crippen molar-refractivity contribution in [1.29, 1.82) is 0 Å². The number of hydrogen-bond donors (Lipinski definition) is 2. The van der Waals surface area contributed by atoms with Crippen LogP contribution in [0.5, 0.6) is 0 Å². The lowest BCUT2D eigenvalue weighted by molar-refractivity contribution is -0.115. The van der Waals surface area contributed by atoms with Crippen molar-refractivity contribution >= 4 is 29.1 Å². The first kappa shape index (κ1) is 16.8. The lowest BCUT2D eigenvalue weighted by Gasteiger charge is -2.09. The summed E-state index contributed by atoms with van der Waals surface area (Å²) < 4.78 is 39.6. The molecule has 0 saturated heterocycles. The van der Waals surface area contributed by atoms with E-state index >= 15 is 0 Å². The normalized spacial score (nSPS) is 10.3. The summed E-state index contributed by atoms with van der Waals surface area (Å²) in [6.45, 7) is -0.541. The second-order valence-electron chi connectivity index (χ2n) is 4.45. The average molecular weight is 343 g/mol. The number of hydrogen-bond acceptors (Lipinski definition) is 2. The van der Waals surface area contributed by atoms with Gasteiger partial charge in [0.05, 0.1) is 22.8 Å². The van der Waals surface area contributed by atoms with Crippen molar-refractivity contribution in [1.82, 2.24) is 5.32 Å². The van der Waals surface area contributed by atoms with Crippen LogP contribution in [0.3, 0.4) is 0 Å². The van der Waals surface area contributed by atoms with E-state index in [1.165, 1.54) is 12.1 Å². The van der Waals surface area contributed by atoms with Gasteiger partial charge in [0.1, 0.15) is 17.5 Å². The minimum atomic E-state index is -0.957. The molecule has 120 valence electrons. The molecular formula is C15H10ClF3N2O2. The van der Waals surface area contributed by atoms with Gasteiger partial charge in [0, 0.05) is 6.07 Å². The van der Waals surface area contributed by atoms with Crippen LogP contribution < -0.4 is 10.6 Å². The van der Waals surface area contributed by atoms with Crippen LogP contribution in [-0.2, 0) is 4.79 Å². The highest BCUT2D eigenvalue weighted by Gasteiger charge is 2.16. The third-order valence-electron chi connectivity index (χ3n) is 2.80. The Kier molecular flexibility index (Phi) is 5.23. The molecule has 2 aromatic rings. The van der Waals surface area contributed by atoms with E-state index in [1.54, 1.807) is 0 Å². The maximum absolute atomic E-state index is 13.5. The Labute approximate surface area is 134 Å². The molecule has 0 saturated carbocycles. The van der Waals surface area contributed by atoms with Gasteiger partial charge >= 0.3 is 0 Å². The zero-order valence-corrected chi connectivity index (χ0v) is 12.3. The van der Waals surface area contributed by atoms with Crippen molar-refractivity contribution in [3.8, 4) is 0 Å². The number of halogens is 4. The molecule has 0 bridgehead atoms. The smallest absolute Gasteiger partial charge is 0.256 e. The molecule has 2 amide bonds. The number of amides is 2. The average Bonchev–Trinajstić information content (AvgIpc) is 2.48. The minimum absolute atomic E-state index is 0.104. The fourth-order valence-electron chi connectivity index (χ4n) is 1.75. The zero-order valence-electron chi connectivity index (χ0n) is 11.5. The summed E-state index contributed by atoms with van der Waals surface area (Å²) in [7, 11) is 0. The van der Waals surface area contributed by atoms with Gasteiger partial charge in [-0.05, 0) is 24.3 Å². The molecule has 23 heavy (non-hydrogen) atoms. The largest absolute Gasteiger partial charge is 0.343 e. The van der Waals surface area contributed by atoms with Crippen LogP contribution in [0, 0.1) is 17.5 Å². The van der Waals surface area contributed by atoms with Gasteiger partial charge in [0.2, 0.25) is 5.91 Å². The summed E-state index contributed by atoms with van der Waals surface area (Å²) in [4.78, 5) is 23.5. The van der Waals surface area contributed by atoms with E-state index < -0.39 is 41.4 Å². The van der Waals surface area contributed by atoms with Gasteiger partial charge in [-0.2, -0.15) is 0 Å². The third-order valence-corrected chi connectivity index (χ3v) is 3.12. The molecule has 0 fully saturated rings. The minimum Gasteiger partial charge on any atom is -0.343 e. The second kappa shape index (κ2) is 7.15.